The van der Waals surface area contributed by atoms with Crippen LogP contribution >= 0.6 is 0 Å². The van der Waals surface area contributed by atoms with Crippen LogP contribution in [-0.4, -0.2) is 11.7 Å². The van der Waals surface area contributed by atoms with Crippen LogP contribution in [0.15, 0.2) is 12.1 Å². The Morgan fingerprint density at radius 2 is 2.27 bits per heavy atom. The summed E-state index contributed by atoms with van der Waals surface area (Å²) < 4.78 is 5.26. The van der Waals surface area contributed by atoms with E-state index < -0.39 is 0 Å². The van der Waals surface area contributed by atoms with Crippen molar-refractivity contribution in [1.82, 2.24) is 0 Å². The molecule has 1 aromatic rings. The second kappa shape index (κ2) is 2.16. The first-order valence-corrected chi connectivity index (χ1v) is 3.73. The molecule has 0 atom stereocenters. The standard InChI is InChI=1S/C9H10O2/c1-6-2-3-8(10)9-7(6)4-5-11-9/h2-3,10H,4-5H2,1H3. The minimum absolute atomic E-state index is 0.267. The van der Waals surface area contributed by atoms with E-state index in [-0.39, 0.29) is 5.75 Å². The Balaban J connectivity index is 2.64. The third-order valence-electron chi connectivity index (χ3n) is 2.07. The molecule has 2 nitrogen and oxygen atoms in total. The maximum Gasteiger partial charge on any atom is 0.164 e. The molecule has 1 N–H and O–H groups in total. The Morgan fingerprint density at radius 3 is 3.00 bits per heavy atom. The molecule has 0 saturated heterocycles. The van der Waals surface area contributed by atoms with Gasteiger partial charge in [0.15, 0.2) is 11.5 Å². The molecule has 1 aliphatic heterocycles. The lowest BCUT2D eigenvalue weighted by atomic mass is 10.1. The van der Waals surface area contributed by atoms with Crippen LogP contribution in [0.4, 0.5) is 0 Å². The van der Waals surface area contributed by atoms with Gasteiger partial charge in [-0.25, -0.2) is 0 Å². The number of rotatable bonds is 0. The molecule has 0 aliphatic carbocycles. The van der Waals surface area contributed by atoms with Crippen LogP contribution in [-0.2, 0) is 6.42 Å². The second-order valence-corrected chi connectivity index (χ2v) is 2.81. The molecule has 0 bridgehead atoms. The molecule has 0 radical (unpaired) electrons. The Labute approximate surface area is 65.4 Å². The zero-order valence-corrected chi connectivity index (χ0v) is 6.42. The average Bonchev–Trinajstić information content (AvgIpc) is 2.45. The van der Waals surface area contributed by atoms with E-state index in [1.54, 1.807) is 6.07 Å². The Morgan fingerprint density at radius 1 is 1.45 bits per heavy atom. The van der Waals surface area contributed by atoms with Gasteiger partial charge in [-0.1, -0.05) is 6.07 Å². The predicted octanol–water partition coefficient (Wildman–Crippen LogP) is 1.64. The van der Waals surface area contributed by atoms with E-state index in [4.69, 9.17) is 4.74 Å². The van der Waals surface area contributed by atoms with Crippen LogP contribution in [0.5, 0.6) is 11.5 Å². The fourth-order valence-corrected chi connectivity index (χ4v) is 1.44. The number of hydrogen-bond acceptors (Lipinski definition) is 2. The van der Waals surface area contributed by atoms with Gasteiger partial charge in [0.2, 0.25) is 0 Å². The van der Waals surface area contributed by atoms with Crippen molar-refractivity contribution >= 4 is 0 Å². The van der Waals surface area contributed by atoms with Crippen molar-refractivity contribution in [3.63, 3.8) is 0 Å². The molecule has 1 aliphatic rings. The first kappa shape index (κ1) is 6.53. The van der Waals surface area contributed by atoms with Crippen molar-refractivity contribution in [3.05, 3.63) is 23.3 Å². The number of ether oxygens (including phenoxy) is 1. The van der Waals surface area contributed by atoms with E-state index in [2.05, 4.69) is 0 Å². The molecule has 0 fully saturated rings. The van der Waals surface area contributed by atoms with Gasteiger partial charge in [-0.15, -0.1) is 0 Å². The number of phenolic OH excluding ortho intramolecular Hbond substituents is 1. The molecular weight excluding hydrogens is 140 g/mol. The summed E-state index contributed by atoms with van der Waals surface area (Å²) in [5.41, 5.74) is 2.36. The highest BCUT2D eigenvalue weighted by Crippen LogP contribution is 2.36. The smallest absolute Gasteiger partial charge is 0.164 e. The molecule has 0 spiro atoms. The maximum absolute atomic E-state index is 9.33. The quantitative estimate of drug-likeness (QED) is 0.609. The molecule has 1 heterocycles. The van der Waals surface area contributed by atoms with Gasteiger partial charge in [-0.05, 0) is 18.6 Å². The summed E-state index contributed by atoms with van der Waals surface area (Å²) in [7, 11) is 0. The number of fused-ring (bicyclic) bond motifs is 1. The third-order valence-corrected chi connectivity index (χ3v) is 2.07. The molecule has 11 heavy (non-hydrogen) atoms. The highest BCUT2D eigenvalue weighted by molar-refractivity contribution is 5.51. The normalized spacial score (nSPS) is 14.3. The van der Waals surface area contributed by atoms with E-state index in [1.807, 2.05) is 13.0 Å². The summed E-state index contributed by atoms with van der Waals surface area (Å²) in [6.07, 6.45) is 0.926. The molecule has 1 aromatic carbocycles. The van der Waals surface area contributed by atoms with Gasteiger partial charge >= 0.3 is 0 Å². The van der Waals surface area contributed by atoms with Gasteiger partial charge in [0, 0.05) is 12.0 Å². The third kappa shape index (κ3) is 0.862. The largest absolute Gasteiger partial charge is 0.504 e. The van der Waals surface area contributed by atoms with Crippen LogP contribution in [0.25, 0.3) is 0 Å². The minimum atomic E-state index is 0.267. The number of aryl methyl sites for hydroxylation is 1. The number of benzene rings is 1. The fourth-order valence-electron chi connectivity index (χ4n) is 1.44. The summed E-state index contributed by atoms with van der Waals surface area (Å²) in [4.78, 5) is 0. The predicted molar refractivity (Wildman–Crippen MR) is 42.0 cm³/mol. The lowest BCUT2D eigenvalue weighted by Crippen LogP contribution is -1.86. The van der Waals surface area contributed by atoms with Crippen LogP contribution in [0.1, 0.15) is 11.1 Å². The van der Waals surface area contributed by atoms with Crippen LogP contribution < -0.4 is 4.74 Å². The molecular formula is C9H10O2. The Hall–Kier alpha value is -1.18. The fraction of sp³-hybridized carbons (Fsp3) is 0.333. The lowest BCUT2D eigenvalue weighted by Gasteiger charge is -2.03. The molecule has 0 aromatic heterocycles. The maximum atomic E-state index is 9.33. The Bertz CT molecular complexity index is 263. The molecule has 0 saturated carbocycles. The van der Waals surface area contributed by atoms with E-state index in [9.17, 15) is 5.11 Å². The van der Waals surface area contributed by atoms with Crippen LogP contribution in [0.2, 0.25) is 0 Å². The molecule has 2 heteroatoms. The van der Waals surface area contributed by atoms with Crippen LogP contribution in [0.3, 0.4) is 0 Å². The summed E-state index contributed by atoms with van der Waals surface area (Å²) >= 11 is 0. The summed E-state index contributed by atoms with van der Waals surface area (Å²) in [6.45, 7) is 2.74. The highest BCUT2D eigenvalue weighted by Gasteiger charge is 2.17. The molecule has 0 unspecified atom stereocenters. The van der Waals surface area contributed by atoms with Crippen molar-refractivity contribution in [2.45, 2.75) is 13.3 Å². The van der Waals surface area contributed by atoms with E-state index in [0.29, 0.717) is 12.4 Å². The zero-order chi connectivity index (χ0) is 7.84. The van der Waals surface area contributed by atoms with Gasteiger partial charge in [-0.3, -0.25) is 0 Å². The van der Waals surface area contributed by atoms with Crippen molar-refractivity contribution in [3.8, 4) is 11.5 Å². The number of hydrogen-bond donors (Lipinski definition) is 1. The van der Waals surface area contributed by atoms with Gasteiger partial charge in [0.25, 0.3) is 0 Å². The Kier molecular flexibility index (Phi) is 1.28. The summed E-state index contributed by atoms with van der Waals surface area (Å²) in [6, 6.07) is 3.60. The topological polar surface area (TPSA) is 29.5 Å². The van der Waals surface area contributed by atoms with Crippen LogP contribution in [0, 0.1) is 6.92 Å². The highest BCUT2D eigenvalue weighted by atomic mass is 16.5. The first-order chi connectivity index (χ1) is 5.29. The van der Waals surface area contributed by atoms with E-state index in [0.717, 1.165) is 12.0 Å². The summed E-state index contributed by atoms with van der Waals surface area (Å²) in [5.74, 6) is 0.952. The molecule has 0 amide bonds. The SMILES string of the molecule is Cc1ccc(O)c2c1CCO2. The monoisotopic (exact) mass is 150 g/mol. The van der Waals surface area contributed by atoms with E-state index in [1.165, 1.54) is 5.56 Å². The number of aromatic hydroxyl groups is 1. The van der Waals surface area contributed by atoms with Crippen molar-refractivity contribution < 1.29 is 9.84 Å². The van der Waals surface area contributed by atoms with Crippen molar-refractivity contribution in [2.75, 3.05) is 6.61 Å². The van der Waals surface area contributed by atoms with E-state index >= 15 is 0 Å². The zero-order valence-electron chi connectivity index (χ0n) is 6.42. The van der Waals surface area contributed by atoms with Gasteiger partial charge in [-0.2, -0.15) is 0 Å². The van der Waals surface area contributed by atoms with Crippen molar-refractivity contribution in [2.24, 2.45) is 0 Å². The summed E-state index contributed by atoms with van der Waals surface area (Å²) in [5, 5.41) is 9.33. The second-order valence-electron chi connectivity index (χ2n) is 2.81. The lowest BCUT2D eigenvalue weighted by molar-refractivity contribution is 0.334. The minimum Gasteiger partial charge on any atom is -0.504 e. The average molecular weight is 150 g/mol. The van der Waals surface area contributed by atoms with Gasteiger partial charge < -0.3 is 9.84 Å². The van der Waals surface area contributed by atoms with Crippen molar-refractivity contribution in [1.29, 1.82) is 0 Å². The van der Waals surface area contributed by atoms with Gasteiger partial charge in [0.1, 0.15) is 0 Å². The van der Waals surface area contributed by atoms with Gasteiger partial charge in [0.05, 0.1) is 6.61 Å². The first-order valence-electron chi connectivity index (χ1n) is 3.73. The molecule has 58 valence electrons. The number of phenols is 1. The molecule has 2 rings (SSSR count).